The van der Waals surface area contributed by atoms with E-state index in [0.29, 0.717) is 11.5 Å². The van der Waals surface area contributed by atoms with Crippen molar-refractivity contribution in [3.8, 4) is 0 Å². The van der Waals surface area contributed by atoms with Gasteiger partial charge in [0.1, 0.15) is 11.5 Å². The van der Waals surface area contributed by atoms with E-state index in [1.807, 2.05) is 19.1 Å². The van der Waals surface area contributed by atoms with Gasteiger partial charge in [-0.25, -0.2) is 0 Å². The van der Waals surface area contributed by atoms with E-state index in [2.05, 4.69) is 24.5 Å². The van der Waals surface area contributed by atoms with Gasteiger partial charge in [0.25, 0.3) is 0 Å². The third kappa shape index (κ3) is 3.33. The fourth-order valence-electron chi connectivity index (χ4n) is 2.54. The lowest BCUT2D eigenvalue weighted by molar-refractivity contribution is 0.175. The van der Waals surface area contributed by atoms with E-state index in [-0.39, 0.29) is 0 Å². The first-order valence-corrected chi connectivity index (χ1v) is 6.57. The average Bonchev–Trinajstić information content (AvgIpc) is 2.67. The third-order valence-electron chi connectivity index (χ3n) is 3.78. The van der Waals surface area contributed by atoms with Crippen molar-refractivity contribution in [2.24, 2.45) is 5.41 Å². The van der Waals surface area contributed by atoms with Gasteiger partial charge in [0.15, 0.2) is 0 Å². The molecule has 1 saturated heterocycles. The molecule has 1 aromatic heterocycles. The number of piperidine rings is 1. The highest BCUT2D eigenvalue weighted by Crippen LogP contribution is 2.29. The van der Waals surface area contributed by atoms with Crippen LogP contribution in [-0.2, 0) is 6.54 Å². The summed E-state index contributed by atoms with van der Waals surface area (Å²) in [5, 5.41) is 7.09. The first-order valence-electron chi connectivity index (χ1n) is 6.57. The average molecular weight is 236 g/mol. The number of nitrogens with one attached hydrogen (secondary N) is 2. The van der Waals surface area contributed by atoms with Crippen molar-refractivity contribution in [2.45, 2.75) is 46.2 Å². The van der Waals surface area contributed by atoms with Crippen molar-refractivity contribution in [3.63, 3.8) is 0 Å². The molecule has 2 heterocycles. The normalized spacial score (nSPS) is 23.8. The Morgan fingerprint density at radius 2 is 2.29 bits per heavy atom. The Balaban J connectivity index is 1.77. The highest BCUT2D eigenvalue weighted by Gasteiger charge is 2.31. The van der Waals surface area contributed by atoms with Gasteiger partial charge in [0.2, 0.25) is 0 Å². The Labute approximate surface area is 104 Å². The van der Waals surface area contributed by atoms with Crippen molar-refractivity contribution in [3.05, 3.63) is 23.7 Å². The van der Waals surface area contributed by atoms with E-state index in [9.17, 15) is 0 Å². The Hall–Kier alpha value is -0.800. The van der Waals surface area contributed by atoms with Crippen LogP contribution in [0, 0.1) is 12.3 Å². The summed E-state index contributed by atoms with van der Waals surface area (Å²) in [6, 6.07) is 4.62. The predicted molar refractivity (Wildman–Crippen MR) is 70.0 cm³/mol. The molecule has 1 aromatic rings. The summed E-state index contributed by atoms with van der Waals surface area (Å²) < 4.78 is 5.54. The molecule has 1 unspecified atom stereocenters. The molecule has 0 saturated carbocycles. The number of hydrogen-bond acceptors (Lipinski definition) is 3. The minimum atomic E-state index is 0.393. The number of aryl methyl sites for hydroxylation is 1. The standard InChI is InChI=1S/C14H24N2O/c1-11-5-6-12(17-11)9-15-10-13-14(2,3)7-4-8-16-13/h5-6,13,15-16H,4,7-10H2,1-3H3. The topological polar surface area (TPSA) is 37.2 Å². The maximum absolute atomic E-state index is 5.54. The largest absolute Gasteiger partial charge is 0.465 e. The van der Waals surface area contributed by atoms with E-state index in [1.54, 1.807) is 0 Å². The summed E-state index contributed by atoms with van der Waals surface area (Å²) in [6.45, 7) is 9.66. The Bertz CT molecular complexity index is 357. The lowest BCUT2D eigenvalue weighted by Gasteiger charge is -2.39. The van der Waals surface area contributed by atoms with Crippen LogP contribution >= 0.6 is 0 Å². The van der Waals surface area contributed by atoms with Crippen LogP contribution in [0.3, 0.4) is 0 Å². The molecule has 0 radical (unpaired) electrons. The summed E-state index contributed by atoms with van der Waals surface area (Å²) in [5.74, 6) is 2.01. The SMILES string of the molecule is Cc1ccc(CNCC2NCCCC2(C)C)o1. The lowest BCUT2D eigenvalue weighted by Crippen LogP contribution is -2.51. The highest BCUT2D eigenvalue weighted by molar-refractivity contribution is 5.05. The summed E-state index contributed by atoms with van der Waals surface area (Å²) in [7, 11) is 0. The van der Waals surface area contributed by atoms with Gasteiger partial charge < -0.3 is 15.1 Å². The maximum Gasteiger partial charge on any atom is 0.117 e. The van der Waals surface area contributed by atoms with Crippen LogP contribution in [0.25, 0.3) is 0 Å². The summed E-state index contributed by atoms with van der Waals surface area (Å²) in [5.41, 5.74) is 0.393. The van der Waals surface area contributed by atoms with Crippen LogP contribution in [-0.4, -0.2) is 19.1 Å². The van der Waals surface area contributed by atoms with Gasteiger partial charge in [-0.2, -0.15) is 0 Å². The maximum atomic E-state index is 5.54. The molecular weight excluding hydrogens is 212 g/mol. The molecule has 3 nitrogen and oxygen atoms in total. The molecule has 2 rings (SSSR count). The summed E-state index contributed by atoms with van der Waals surface area (Å²) in [6.07, 6.45) is 2.60. The minimum absolute atomic E-state index is 0.393. The van der Waals surface area contributed by atoms with Crippen LogP contribution in [0.1, 0.15) is 38.2 Å². The molecule has 17 heavy (non-hydrogen) atoms. The second kappa shape index (κ2) is 5.23. The fourth-order valence-corrected chi connectivity index (χ4v) is 2.54. The van der Waals surface area contributed by atoms with Gasteiger partial charge in [0.05, 0.1) is 6.54 Å². The molecule has 0 aromatic carbocycles. The second-order valence-electron chi connectivity index (χ2n) is 5.74. The van der Waals surface area contributed by atoms with E-state index >= 15 is 0 Å². The van der Waals surface area contributed by atoms with Gasteiger partial charge >= 0.3 is 0 Å². The highest BCUT2D eigenvalue weighted by atomic mass is 16.3. The van der Waals surface area contributed by atoms with Gasteiger partial charge in [-0.1, -0.05) is 13.8 Å². The zero-order valence-electron chi connectivity index (χ0n) is 11.2. The predicted octanol–water partition coefficient (Wildman–Crippen LogP) is 2.46. The van der Waals surface area contributed by atoms with Crippen LogP contribution in [0.15, 0.2) is 16.5 Å². The van der Waals surface area contributed by atoms with Crippen molar-refractivity contribution in [2.75, 3.05) is 13.1 Å². The second-order valence-corrected chi connectivity index (χ2v) is 5.74. The van der Waals surface area contributed by atoms with Crippen LogP contribution < -0.4 is 10.6 Å². The monoisotopic (exact) mass is 236 g/mol. The van der Waals surface area contributed by atoms with E-state index in [1.165, 1.54) is 12.8 Å². The number of hydrogen-bond donors (Lipinski definition) is 2. The van der Waals surface area contributed by atoms with Gasteiger partial charge in [-0.15, -0.1) is 0 Å². The molecule has 2 N–H and O–H groups in total. The zero-order valence-corrected chi connectivity index (χ0v) is 11.2. The Morgan fingerprint density at radius 1 is 1.47 bits per heavy atom. The quantitative estimate of drug-likeness (QED) is 0.843. The molecule has 1 aliphatic rings. The molecule has 1 aliphatic heterocycles. The van der Waals surface area contributed by atoms with Gasteiger partial charge in [-0.05, 0) is 43.9 Å². The molecule has 0 bridgehead atoms. The lowest BCUT2D eigenvalue weighted by atomic mass is 9.77. The Morgan fingerprint density at radius 3 is 2.94 bits per heavy atom. The first-order chi connectivity index (χ1) is 8.08. The molecule has 3 heteroatoms. The third-order valence-corrected chi connectivity index (χ3v) is 3.78. The van der Waals surface area contributed by atoms with Gasteiger partial charge in [-0.3, -0.25) is 0 Å². The summed E-state index contributed by atoms with van der Waals surface area (Å²) in [4.78, 5) is 0. The summed E-state index contributed by atoms with van der Waals surface area (Å²) >= 11 is 0. The fraction of sp³-hybridized carbons (Fsp3) is 0.714. The molecular formula is C14H24N2O. The Kier molecular flexibility index (Phi) is 3.89. The zero-order chi connectivity index (χ0) is 12.3. The van der Waals surface area contributed by atoms with E-state index < -0.39 is 0 Å². The molecule has 0 aliphatic carbocycles. The van der Waals surface area contributed by atoms with Crippen molar-refractivity contribution < 1.29 is 4.42 Å². The van der Waals surface area contributed by atoms with E-state index in [4.69, 9.17) is 4.42 Å². The minimum Gasteiger partial charge on any atom is -0.465 e. The number of furan rings is 1. The smallest absolute Gasteiger partial charge is 0.117 e. The molecule has 0 spiro atoms. The van der Waals surface area contributed by atoms with Crippen molar-refractivity contribution >= 4 is 0 Å². The van der Waals surface area contributed by atoms with Crippen LogP contribution in [0.2, 0.25) is 0 Å². The van der Waals surface area contributed by atoms with E-state index in [0.717, 1.165) is 31.2 Å². The molecule has 96 valence electrons. The number of rotatable bonds is 4. The molecule has 0 amide bonds. The molecule has 1 atom stereocenters. The molecule has 1 fully saturated rings. The van der Waals surface area contributed by atoms with Gasteiger partial charge in [0, 0.05) is 12.6 Å². The van der Waals surface area contributed by atoms with Crippen molar-refractivity contribution in [1.82, 2.24) is 10.6 Å². The first kappa shape index (κ1) is 12.7. The van der Waals surface area contributed by atoms with Crippen LogP contribution in [0.4, 0.5) is 0 Å². The van der Waals surface area contributed by atoms with Crippen LogP contribution in [0.5, 0.6) is 0 Å². The van der Waals surface area contributed by atoms with Crippen molar-refractivity contribution in [1.29, 1.82) is 0 Å².